The summed E-state index contributed by atoms with van der Waals surface area (Å²) in [6.45, 7) is 3.81. The highest BCUT2D eigenvalue weighted by Gasteiger charge is 2.11. The molecule has 0 aliphatic heterocycles. The van der Waals surface area contributed by atoms with E-state index < -0.39 is 0 Å². The van der Waals surface area contributed by atoms with Crippen LogP contribution in [0, 0.1) is 0 Å². The Hall–Kier alpha value is -1.99. The maximum atomic E-state index is 5.69. The Morgan fingerprint density at radius 3 is 3.00 bits per heavy atom. The summed E-state index contributed by atoms with van der Waals surface area (Å²) in [7, 11) is 1.88. The van der Waals surface area contributed by atoms with Gasteiger partial charge >= 0.3 is 0 Å². The number of thiophene rings is 1. The fraction of sp³-hybridized carbons (Fsp3) is 0.357. The van der Waals surface area contributed by atoms with Crippen LogP contribution in [0.5, 0.6) is 0 Å². The molecular weight excluding hydrogens is 286 g/mol. The van der Waals surface area contributed by atoms with Crippen LogP contribution in [0.4, 0.5) is 5.82 Å². The molecule has 0 radical (unpaired) electrons. The third-order valence-electron chi connectivity index (χ3n) is 3.04. The van der Waals surface area contributed by atoms with Gasteiger partial charge in [0.25, 0.3) is 0 Å². The van der Waals surface area contributed by atoms with Gasteiger partial charge in [-0.3, -0.25) is 4.68 Å². The number of aryl methyl sites for hydroxylation is 1. The van der Waals surface area contributed by atoms with Gasteiger partial charge in [0.15, 0.2) is 11.5 Å². The van der Waals surface area contributed by atoms with Crippen LogP contribution in [0.25, 0.3) is 11.0 Å². The number of ether oxygens (including phenoxy) is 1. The minimum Gasteiger partial charge on any atom is -0.370 e. The summed E-state index contributed by atoms with van der Waals surface area (Å²) >= 11 is 1.68. The molecule has 0 amide bonds. The second-order valence-corrected chi connectivity index (χ2v) is 5.63. The van der Waals surface area contributed by atoms with Crippen LogP contribution in [0.3, 0.4) is 0 Å². The molecule has 0 aromatic carbocycles. The summed E-state index contributed by atoms with van der Waals surface area (Å²) in [4.78, 5) is 10.2. The van der Waals surface area contributed by atoms with E-state index in [2.05, 4.69) is 26.4 Å². The molecule has 3 heterocycles. The lowest BCUT2D eigenvalue weighted by atomic mass is 10.3. The molecule has 1 N–H and O–H groups in total. The number of rotatable bonds is 6. The van der Waals surface area contributed by atoms with Crippen LogP contribution in [0.15, 0.2) is 23.7 Å². The first kappa shape index (κ1) is 14.0. The molecular formula is C14H17N5OS. The van der Waals surface area contributed by atoms with E-state index in [0.29, 0.717) is 19.0 Å². The highest BCUT2D eigenvalue weighted by atomic mass is 32.1. The fourth-order valence-corrected chi connectivity index (χ4v) is 2.71. The lowest BCUT2D eigenvalue weighted by Gasteiger charge is -2.07. The van der Waals surface area contributed by atoms with E-state index in [-0.39, 0.29) is 0 Å². The molecule has 0 bridgehead atoms. The summed E-state index contributed by atoms with van der Waals surface area (Å²) < 4.78 is 7.44. The first-order valence-electron chi connectivity index (χ1n) is 6.80. The molecule has 110 valence electrons. The van der Waals surface area contributed by atoms with Crippen molar-refractivity contribution in [3.8, 4) is 0 Å². The Kier molecular flexibility index (Phi) is 4.12. The Bertz CT molecular complexity index is 722. The maximum absolute atomic E-state index is 5.69. The van der Waals surface area contributed by atoms with Crippen LogP contribution in [0.2, 0.25) is 0 Å². The minimum absolute atomic E-state index is 0.386. The lowest BCUT2D eigenvalue weighted by Crippen LogP contribution is -2.06. The van der Waals surface area contributed by atoms with E-state index in [4.69, 9.17) is 4.74 Å². The molecule has 0 unspecified atom stereocenters. The minimum atomic E-state index is 0.386. The van der Waals surface area contributed by atoms with Crippen molar-refractivity contribution in [2.75, 3.05) is 11.9 Å². The monoisotopic (exact) mass is 303 g/mol. The number of hydrogen-bond donors (Lipinski definition) is 1. The van der Waals surface area contributed by atoms with Crippen molar-refractivity contribution in [2.24, 2.45) is 7.05 Å². The van der Waals surface area contributed by atoms with Gasteiger partial charge in [-0.2, -0.15) is 5.10 Å². The number of fused-ring (bicyclic) bond motifs is 1. The van der Waals surface area contributed by atoms with E-state index in [0.717, 1.165) is 23.4 Å². The Morgan fingerprint density at radius 2 is 2.24 bits per heavy atom. The molecule has 0 saturated heterocycles. The fourth-order valence-electron chi connectivity index (χ4n) is 2.07. The molecule has 0 aliphatic carbocycles. The number of hydrogen-bond acceptors (Lipinski definition) is 6. The van der Waals surface area contributed by atoms with Crippen LogP contribution >= 0.6 is 11.3 Å². The van der Waals surface area contributed by atoms with E-state index >= 15 is 0 Å². The van der Waals surface area contributed by atoms with Gasteiger partial charge in [0.05, 0.1) is 18.2 Å². The highest BCUT2D eigenvalue weighted by molar-refractivity contribution is 7.09. The lowest BCUT2D eigenvalue weighted by molar-refractivity contribution is 0.104. The predicted octanol–water partition coefficient (Wildman–Crippen LogP) is 2.57. The highest BCUT2D eigenvalue weighted by Crippen LogP contribution is 2.20. The number of anilines is 1. The van der Waals surface area contributed by atoms with Crippen molar-refractivity contribution in [1.29, 1.82) is 0 Å². The molecule has 0 spiro atoms. The van der Waals surface area contributed by atoms with Gasteiger partial charge in [-0.25, -0.2) is 9.97 Å². The van der Waals surface area contributed by atoms with E-state index in [9.17, 15) is 0 Å². The standard InChI is InChI=1S/C14H17N5OS/c1-3-15-13-11-7-16-19(2)14(11)18-12(17-13)9-20-8-10-5-4-6-21-10/h4-7H,3,8-9H2,1-2H3,(H,15,17,18). The van der Waals surface area contributed by atoms with E-state index in [1.165, 1.54) is 4.88 Å². The summed E-state index contributed by atoms with van der Waals surface area (Å²) in [5.41, 5.74) is 0.815. The Labute approximate surface area is 126 Å². The van der Waals surface area contributed by atoms with Gasteiger partial charge < -0.3 is 10.1 Å². The molecule has 0 saturated carbocycles. The zero-order chi connectivity index (χ0) is 14.7. The third-order valence-corrected chi connectivity index (χ3v) is 3.89. The molecule has 0 fully saturated rings. The first-order valence-corrected chi connectivity index (χ1v) is 7.68. The second kappa shape index (κ2) is 6.19. The van der Waals surface area contributed by atoms with Gasteiger partial charge in [-0.1, -0.05) is 6.07 Å². The van der Waals surface area contributed by atoms with Crippen LogP contribution in [-0.4, -0.2) is 26.3 Å². The average molecular weight is 303 g/mol. The van der Waals surface area contributed by atoms with Gasteiger partial charge in [0.1, 0.15) is 12.4 Å². The topological polar surface area (TPSA) is 64.9 Å². The summed E-state index contributed by atoms with van der Waals surface area (Å²) in [5, 5.41) is 10.5. The predicted molar refractivity (Wildman–Crippen MR) is 83.3 cm³/mol. The van der Waals surface area contributed by atoms with Gasteiger partial charge in [-0.15, -0.1) is 11.3 Å². The number of nitrogens with one attached hydrogen (secondary N) is 1. The van der Waals surface area contributed by atoms with Crippen molar-refractivity contribution < 1.29 is 4.74 Å². The molecule has 3 rings (SSSR count). The van der Waals surface area contributed by atoms with Crippen LogP contribution < -0.4 is 5.32 Å². The molecule has 7 heteroatoms. The maximum Gasteiger partial charge on any atom is 0.163 e. The van der Waals surface area contributed by atoms with Gasteiger partial charge in [-0.05, 0) is 18.4 Å². The van der Waals surface area contributed by atoms with Crippen molar-refractivity contribution in [3.05, 3.63) is 34.4 Å². The molecule has 3 aromatic heterocycles. The molecule has 0 aliphatic rings. The Morgan fingerprint density at radius 1 is 1.33 bits per heavy atom. The van der Waals surface area contributed by atoms with Crippen molar-refractivity contribution in [3.63, 3.8) is 0 Å². The zero-order valence-corrected chi connectivity index (χ0v) is 12.9. The largest absolute Gasteiger partial charge is 0.370 e. The van der Waals surface area contributed by atoms with Crippen LogP contribution in [0.1, 0.15) is 17.6 Å². The zero-order valence-electron chi connectivity index (χ0n) is 12.0. The average Bonchev–Trinajstić information content (AvgIpc) is 3.10. The summed E-state index contributed by atoms with van der Waals surface area (Å²) in [6, 6.07) is 4.07. The molecule has 3 aromatic rings. The summed E-state index contributed by atoms with van der Waals surface area (Å²) in [6.07, 6.45) is 1.78. The van der Waals surface area contributed by atoms with Gasteiger partial charge in [0.2, 0.25) is 0 Å². The van der Waals surface area contributed by atoms with Gasteiger partial charge in [0, 0.05) is 18.5 Å². The normalized spacial score (nSPS) is 11.1. The second-order valence-electron chi connectivity index (χ2n) is 4.60. The molecule has 21 heavy (non-hydrogen) atoms. The number of aromatic nitrogens is 4. The summed E-state index contributed by atoms with van der Waals surface area (Å²) in [5.74, 6) is 1.48. The SMILES string of the molecule is CCNc1nc(COCc2cccs2)nc2c1cnn2C. The third kappa shape index (κ3) is 3.03. The quantitative estimate of drug-likeness (QED) is 0.758. The smallest absolute Gasteiger partial charge is 0.163 e. The van der Waals surface area contributed by atoms with Crippen molar-refractivity contribution in [1.82, 2.24) is 19.7 Å². The van der Waals surface area contributed by atoms with E-state index in [1.807, 2.05) is 25.4 Å². The molecule has 0 atom stereocenters. The number of nitrogens with zero attached hydrogens (tertiary/aromatic N) is 4. The van der Waals surface area contributed by atoms with E-state index in [1.54, 1.807) is 22.2 Å². The van der Waals surface area contributed by atoms with Crippen molar-refractivity contribution in [2.45, 2.75) is 20.1 Å². The van der Waals surface area contributed by atoms with Crippen LogP contribution in [-0.2, 0) is 25.0 Å². The van der Waals surface area contributed by atoms with Crippen molar-refractivity contribution >= 4 is 28.2 Å². The molecule has 6 nitrogen and oxygen atoms in total. The first-order chi connectivity index (χ1) is 10.3. The Balaban J connectivity index is 1.79.